The van der Waals surface area contributed by atoms with Gasteiger partial charge in [0.25, 0.3) is 0 Å². The van der Waals surface area contributed by atoms with Gasteiger partial charge in [-0.05, 0) is 29.7 Å². The van der Waals surface area contributed by atoms with Gasteiger partial charge in [-0.15, -0.1) is 11.6 Å². The van der Waals surface area contributed by atoms with E-state index in [1.54, 1.807) is 12.1 Å². The predicted octanol–water partition coefficient (Wildman–Crippen LogP) is 2.65. The molecule has 0 amide bonds. The van der Waals surface area contributed by atoms with Crippen molar-refractivity contribution in [3.63, 3.8) is 0 Å². The number of carbonyl (C=O) groups is 1. The van der Waals surface area contributed by atoms with Crippen LogP contribution < -0.4 is 0 Å². The van der Waals surface area contributed by atoms with Gasteiger partial charge in [0.2, 0.25) is 0 Å². The average Bonchev–Trinajstić information content (AvgIpc) is 2.35. The second kappa shape index (κ2) is 5.53. The lowest BCUT2D eigenvalue weighted by Gasteiger charge is -2.11. The molecule has 16 heavy (non-hydrogen) atoms. The van der Waals surface area contributed by atoms with Crippen LogP contribution in [0.1, 0.15) is 34.0 Å². The Bertz CT molecular complexity index is 424. The van der Waals surface area contributed by atoms with Gasteiger partial charge >= 0.3 is 5.97 Å². The van der Waals surface area contributed by atoms with Gasteiger partial charge in [0.1, 0.15) is 0 Å². The zero-order chi connectivity index (χ0) is 12.1. The van der Waals surface area contributed by atoms with Crippen LogP contribution in [0.4, 0.5) is 0 Å². The van der Waals surface area contributed by atoms with E-state index in [4.69, 9.17) is 21.6 Å². The lowest BCUT2D eigenvalue weighted by Crippen LogP contribution is -2.09. The highest BCUT2D eigenvalue weighted by atomic mass is 35.5. The fraction of sp³-hybridized carbons (Fsp3) is 0.333. The molecule has 0 atom stereocenters. The van der Waals surface area contributed by atoms with Crippen LogP contribution in [0, 0.1) is 11.3 Å². The van der Waals surface area contributed by atoms with Crippen LogP contribution in [0.5, 0.6) is 0 Å². The van der Waals surface area contributed by atoms with Gasteiger partial charge in [0.05, 0.1) is 24.3 Å². The summed E-state index contributed by atoms with van der Waals surface area (Å²) in [5, 5.41) is 8.85. The topological polar surface area (TPSA) is 50.1 Å². The number of hydrogen-bond donors (Lipinski definition) is 0. The van der Waals surface area contributed by atoms with Crippen LogP contribution in [-0.2, 0) is 17.0 Å². The Kier molecular flexibility index (Phi) is 4.33. The van der Waals surface area contributed by atoms with E-state index >= 15 is 0 Å². The van der Waals surface area contributed by atoms with Crippen molar-refractivity contribution in [2.45, 2.75) is 19.2 Å². The van der Waals surface area contributed by atoms with E-state index in [1.165, 1.54) is 7.11 Å². The fourth-order valence-electron chi connectivity index (χ4n) is 1.58. The van der Waals surface area contributed by atoms with Gasteiger partial charge in [-0.25, -0.2) is 4.79 Å². The van der Waals surface area contributed by atoms with Crippen molar-refractivity contribution in [2.75, 3.05) is 7.11 Å². The summed E-state index contributed by atoms with van der Waals surface area (Å²) in [4.78, 5) is 11.6. The molecule has 0 unspecified atom stereocenters. The summed E-state index contributed by atoms with van der Waals surface area (Å²) in [5.74, 6) is -0.218. The standard InChI is InChI=1S/C12H12ClNO2/c1-3-9-4-8(7-14)5-10(6-13)11(9)12(15)16-2/h4-5H,3,6H2,1-2H3. The predicted molar refractivity (Wildman–Crippen MR) is 61.4 cm³/mol. The number of benzene rings is 1. The van der Waals surface area contributed by atoms with Crippen LogP contribution in [0.25, 0.3) is 0 Å². The first-order valence-electron chi connectivity index (χ1n) is 4.88. The molecule has 1 aromatic rings. The molecule has 0 radical (unpaired) electrons. The van der Waals surface area contributed by atoms with E-state index in [9.17, 15) is 4.79 Å². The van der Waals surface area contributed by atoms with Gasteiger partial charge in [-0.2, -0.15) is 5.26 Å². The molecule has 0 aliphatic carbocycles. The lowest BCUT2D eigenvalue weighted by molar-refractivity contribution is 0.0598. The van der Waals surface area contributed by atoms with Crippen molar-refractivity contribution in [2.24, 2.45) is 0 Å². The minimum absolute atomic E-state index is 0.187. The molecule has 0 N–H and O–H groups in total. The molecule has 84 valence electrons. The van der Waals surface area contributed by atoms with Crippen LogP contribution in [0.15, 0.2) is 12.1 Å². The summed E-state index contributed by atoms with van der Waals surface area (Å²) >= 11 is 5.77. The van der Waals surface area contributed by atoms with Gasteiger partial charge in [-0.3, -0.25) is 0 Å². The molecule has 0 aliphatic heterocycles. The van der Waals surface area contributed by atoms with Crippen molar-refractivity contribution in [1.29, 1.82) is 5.26 Å². The van der Waals surface area contributed by atoms with Crippen LogP contribution in [0.2, 0.25) is 0 Å². The van der Waals surface area contributed by atoms with Gasteiger partial charge in [-0.1, -0.05) is 6.92 Å². The molecule has 0 spiro atoms. The zero-order valence-electron chi connectivity index (χ0n) is 9.21. The summed E-state index contributed by atoms with van der Waals surface area (Å²) in [6.45, 7) is 1.92. The second-order valence-electron chi connectivity index (χ2n) is 3.26. The number of nitrogens with zero attached hydrogens (tertiary/aromatic N) is 1. The van der Waals surface area contributed by atoms with Crippen molar-refractivity contribution in [3.8, 4) is 6.07 Å². The molecule has 0 bridgehead atoms. The van der Waals surface area contributed by atoms with Crippen molar-refractivity contribution in [1.82, 2.24) is 0 Å². The smallest absolute Gasteiger partial charge is 0.338 e. The summed E-state index contributed by atoms with van der Waals surface area (Å²) in [6, 6.07) is 5.37. The molecule has 1 aromatic carbocycles. The Balaban J connectivity index is 3.44. The van der Waals surface area contributed by atoms with E-state index in [-0.39, 0.29) is 5.88 Å². The fourth-order valence-corrected chi connectivity index (χ4v) is 1.79. The van der Waals surface area contributed by atoms with E-state index in [1.807, 2.05) is 13.0 Å². The first-order chi connectivity index (χ1) is 7.67. The Labute approximate surface area is 99.6 Å². The Hall–Kier alpha value is -1.53. The summed E-state index contributed by atoms with van der Waals surface area (Å²) < 4.78 is 4.71. The summed E-state index contributed by atoms with van der Waals surface area (Å²) in [6.07, 6.45) is 0.657. The maximum absolute atomic E-state index is 11.6. The molecule has 0 aliphatic rings. The molecular formula is C12H12ClNO2. The van der Waals surface area contributed by atoms with E-state index in [2.05, 4.69) is 0 Å². The van der Waals surface area contributed by atoms with Crippen LogP contribution in [-0.4, -0.2) is 13.1 Å². The number of ether oxygens (including phenoxy) is 1. The molecule has 0 saturated carbocycles. The minimum Gasteiger partial charge on any atom is -0.465 e. The zero-order valence-corrected chi connectivity index (χ0v) is 9.97. The summed E-state index contributed by atoms with van der Waals surface area (Å²) in [7, 11) is 1.33. The Morgan fingerprint density at radius 1 is 1.50 bits per heavy atom. The SMILES string of the molecule is CCc1cc(C#N)cc(CCl)c1C(=O)OC. The second-order valence-corrected chi connectivity index (χ2v) is 3.53. The lowest BCUT2D eigenvalue weighted by atomic mass is 9.97. The number of methoxy groups -OCH3 is 1. The van der Waals surface area contributed by atoms with E-state index in [0.29, 0.717) is 23.1 Å². The Morgan fingerprint density at radius 3 is 2.56 bits per heavy atom. The Morgan fingerprint density at radius 2 is 2.12 bits per heavy atom. The average molecular weight is 238 g/mol. The van der Waals surface area contributed by atoms with E-state index in [0.717, 1.165) is 5.56 Å². The largest absolute Gasteiger partial charge is 0.465 e. The van der Waals surface area contributed by atoms with Crippen molar-refractivity contribution < 1.29 is 9.53 Å². The maximum atomic E-state index is 11.6. The summed E-state index contributed by atoms with van der Waals surface area (Å²) in [5.41, 5.74) is 2.44. The van der Waals surface area contributed by atoms with Gasteiger partial charge in [0.15, 0.2) is 0 Å². The highest BCUT2D eigenvalue weighted by Crippen LogP contribution is 2.21. The maximum Gasteiger partial charge on any atom is 0.338 e. The molecule has 1 rings (SSSR count). The third kappa shape index (κ3) is 2.34. The molecule has 0 aromatic heterocycles. The van der Waals surface area contributed by atoms with Crippen molar-refractivity contribution >= 4 is 17.6 Å². The van der Waals surface area contributed by atoms with Crippen LogP contribution >= 0.6 is 11.6 Å². The molecule has 0 heterocycles. The first kappa shape index (κ1) is 12.5. The number of nitriles is 1. The highest BCUT2D eigenvalue weighted by Gasteiger charge is 2.16. The number of aryl methyl sites for hydroxylation is 1. The third-order valence-electron chi connectivity index (χ3n) is 2.35. The molecule has 4 heteroatoms. The van der Waals surface area contributed by atoms with E-state index < -0.39 is 5.97 Å². The van der Waals surface area contributed by atoms with Crippen molar-refractivity contribution in [3.05, 3.63) is 34.4 Å². The monoisotopic (exact) mass is 237 g/mol. The number of alkyl halides is 1. The number of hydrogen-bond acceptors (Lipinski definition) is 3. The molecule has 0 saturated heterocycles. The molecular weight excluding hydrogens is 226 g/mol. The number of carbonyl (C=O) groups excluding carboxylic acids is 1. The highest BCUT2D eigenvalue weighted by molar-refractivity contribution is 6.17. The quantitative estimate of drug-likeness (QED) is 0.600. The molecule has 0 fully saturated rings. The number of halogens is 1. The number of esters is 1. The first-order valence-corrected chi connectivity index (χ1v) is 5.41. The third-order valence-corrected chi connectivity index (χ3v) is 2.63. The van der Waals surface area contributed by atoms with Crippen LogP contribution in [0.3, 0.4) is 0 Å². The minimum atomic E-state index is -0.406. The number of rotatable bonds is 3. The normalized spacial score (nSPS) is 9.62. The van der Waals surface area contributed by atoms with Gasteiger partial charge in [0, 0.05) is 5.88 Å². The van der Waals surface area contributed by atoms with Gasteiger partial charge < -0.3 is 4.74 Å². The molecule has 3 nitrogen and oxygen atoms in total.